The van der Waals surface area contributed by atoms with Gasteiger partial charge in [-0.1, -0.05) is 0 Å². The average Bonchev–Trinajstić information content (AvgIpc) is 2.98. The van der Waals surface area contributed by atoms with Crippen LogP contribution in [0.1, 0.15) is 32.6 Å². The van der Waals surface area contributed by atoms with Crippen molar-refractivity contribution in [1.29, 1.82) is 0 Å². The Kier molecular flexibility index (Phi) is 13.1. The second-order valence-electron chi connectivity index (χ2n) is 13.4. The van der Waals surface area contributed by atoms with Crippen molar-refractivity contribution in [2.45, 2.75) is 118 Å². The number of amides is 1. The van der Waals surface area contributed by atoms with Gasteiger partial charge in [-0.3, -0.25) is 10.0 Å². The van der Waals surface area contributed by atoms with Crippen LogP contribution in [0.2, 0.25) is 0 Å². The molecule has 2 heterocycles. The SMILES string of the molecule is CN[C@@H]1[C@@H](O)[C@@H](O[C@H]2[C@H](CC(=O)N(O)CCN)C[C@H](N)C(O[C@H]3O[C@H](CNCC4CC(N)C4)[C@@H](O)[C@H](O)[C@H]3O)[C@@H]2O)OC[C@]1(C)O. The average molecular weight is 667 g/mol. The van der Waals surface area contributed by atoms with Gasteiger partial charge in [0.15, 0.2) is 12.6 Å². The van der Waals surface area contributed by atoms with E-state index in [4.69, 9.17) is 36.1 Å². The third-order valence-corrected chi connectivity index (χ3v) is 9.64. The summed E-state index contributed by atoms with van der Waals surface area (Å²) in [6.07, 6.45) is -12.7. The molecule has 0 aromatic carbocycles. The molecule has 2 aliphatic heterocycles. The Balaban J connectivity index is 1.49. The van der Waals surface area contributed by atoms with Crippen LogP contribution < -0.4 is 27.8 Å². The monoisotopic (exact) mass is 666 g/mol. The molecule has 1 unspecified atom stereocenters. The van der Waals surface area contributed by atoms with E-state index in [0.29, 0.717) is 17.5 Å². The summed E-state index contributed by atoms with van der Waals surface area (Å²) in [5, 5.41) is 81.8. The van der Waals surface area contributed by atoms with Crippen LogP contribution in [0, 0.1) is 11.8 Å². The summed E-state index contributed by atoms with van der Waals surface area (Å²) in [6, 6.07) is -1.64. The summed E-state index contributed by atoms with van der Waals surface area (Å²) in [5.74, 6) is -1.12. The minimum Gasteiger partial charge on any atom is -0.388 e. The van der Waals surface area contributed by atoms with Gasteiger partial charge in [0.2, 0.25) is 5.91 Å². The second kappa shape index (κ2) is 16.0. The van der Waals surface area contributed by atoms with E-state index in [0.717, 1.165) is 12.8 Å². The van der Waals surface area contributed by atoms with Crippen LogP contribution in [0.4, 0.5) is 0 Å². The van der Waals surface area contributed by atoms with E-state index in [9.17, 15) is 40.6 Å². The fraction of sp³-hybridized carbons (Fsp3) is 0.964. The molecule has 0 aromatic rings. The molecular weight excluding hydrogens is 612 g/mol. The van der Waals surface area contributed by atoms with Crippen molar-refractivity contribution in [3.05, 3.63) is 0 Å². The fourth-order valence-corrected chi connectivity index (χ4v) is 6.94. The minimum atomic E-state index is -1.70. The molecule has 1 amide bonds. The molecular formula is C28H54N6O12. The number of ether oxygens (including phenoxy) is 4. The number of nitrogens with two attached hydrogens (primary N) is 3. The number of hydrogen-bond donors (Lipinski definition) is 12. The molecule has 4 fully saturated rings. The number of likely N-dealkylation sites (N-methyl/N-ethyl adjacent to an activating group) is 1. The van der Waals surface area contributed by atoms with Gasteiger partial charge in [0, 0.05) is 31.6 Å². The molecule has 18 heteroatoms. The van der Waals surface area contributed by atoms with Crippen LogP contribution in [-0.4, -0.2) is 172 Å². The predicted molar refractivity (Wildman–Crippen MR) is 158 cm³/mol. The van der Waals surface area contributed by atoms with E-state index in [1.54, 1.807) is 7.05 Å². The number of aliphatic hydroxyl groups excluding tert-OH is 5. The van der Waals surface area contributed by atoms with E-state index in [1.807, 2.05) is 0 Å². The Morgan fingerprint density at radius 3 is 2.26 bits per heavy atom. The molecule has 0 aromatic heterocycles. The van der Waals surface area contributed by atoms with E-state index < -0.39 is 90.9 Å². The van der Waals surface area contributed by atoms with Crippen LogP contribution >= 0.6 is 0 Å². The van der Waals surface area contributed by atoms with Gasteiger partial charge in [-0.2, -0.15) is 0 Å². The molecule has 2 aliphatic carbocycles. The van der Waals surface area contributed by atoms with Crippen molar-refractivity contribution in [2.75, 3.05) is 39.8 Å². The number of hydrogen-bond acceptors (Lipinski definition) is 17. The number of aliphatic hydroxyl groups is 6. The maximum absolute atomic E-state index is 12.8. The van der Waals surface area contributed by atoms with Crippen molar-refractivity contribution in [1.82, 2.24) is 15.7 Å². The Morgan fingerprint density at radius 1 is 0.957 bits per heavy atom. The van der Waals surface area contributed by atoms with E-state index in [1.165, 1.54) is 6.92 Å². The standard InChI is InChI=1S/C28H54N6O12/c1-28(41)11-43-26(22(40)25(28)32-2)45-23-13(8-17(35)34(42)4-3-29)7-15(31)24(21(23)39)46-27-20(38)19(37)18(36)16(44-27)10-33-9-12-5-14(30)6-12/h12-16,18-27,32-33,36-42H,3-11,29-31H2,1-2H3/t12?,13-,14?,15-,16+,18+,19-,20+,21+,22+,23-,24?,25+,26+,27+,28-/m0/s1. The summed E-state index contributed by atoms with van der Waals surface area (Å²) < 4.78 is 23.6. The summed E-state index contributed by atoms with van der Waals surface area (Å²) in [6.45, 7) is 1.90. The second-order valence-corrected chi connectivity index (χ2v) is 13.4. The van der Waals surface area contributed by atoms with Crippen LogP contribution in [0.15, 0.2) is 0 Å². The lowest BCUT2D eigenvalue weighted by Gasteiger charge is -2.49. The Morgan fingerprint density at radius 2 is 1.63 bits per heavy atom. The van der Waals surface area contributed by atoms with Crippen LogP contribution in [0.3, 0.4) is 0 Å². The first kappa shape index (κ1) is 37.6. The first-order valence-corrected chi connectivity index (χ1v) is 16.0. The molecule has 2 saturated heterocycles. The summed E-state index contributed by atoms with van der Waals surface area (Å²) in [7, 11) is 1.55. The number of carbonyl (C=O) groups excluding carboxylic acids is 1. The molecule has 0 bridgehead atoms. The van der Waals surface area contributed by atoms with Crippen molar-refractivity contribution in [3.8, 4) is 0 Å². The molecule has 4 rings (SSSR count). The molecule has 0 radical (unpaired) electrons. The number of carbonyl (C=O) groups is 1. The molecule has 14 atom stereocenters. The maximum atomic E-state index is 12.8. The van der Waals surface area contributed by atoms with Crippen LogP contribution in [-0.2, 0) is 23.7 Å². The first-order chi connectivity index (χ1) is 21.7. The van der Waals surface area contributed by atoms with Gasteiger partial charge in [-0.05, 0) is 51.6 Å². The van der Waals surface area contributed by atoms with Crippen LogP contribution in [0.5, 0.6) is 0 Å². The lowest BCUT2D eigenvalue weighted by molar-refractivity contribution is -0.333. The van der Waals surface area contributed by atoms with E-state index in [2.05, 4.69) is 10.6 Å². The zero-order valence-electron chi connectivity index (χ0n) is 26.4. The van der Waals surface area contributed by atoms with Gasteiger partial charge >= 0.3 is 0 Å². The smallest absolute Gasteiger partial charge is 0.246 e. The minimum absolute atomic E-state index is 0.00779. The van der Waals surface area contributed by atoms with Gasteiger partial charge < -0.3 is 77.4 Å². The highest BCUT2D eigenvalue weighted by Crippen LogP contribution is 2.36. The van der Waals surface area contributed by atoms with Gasteiger partial charge in [0.05, 0.1) is 25.3 Å². The van der Waals surface area contributed by atoms with Gasteiger partial charge in [-0.15, -0.1) is 0 Å². The van der Waals surface area contributed by atoms with Gasteiger partial charge in [0.25, 0.3) is 0 Å². The normalized spacial score (nSPS) is 46.5. The summed E-state index contributed by atoms with van der Waals surface area (Å²) in [4.78, 5) is 12.8. The lowest BCUT2D eigenvalue weighted by atomic mass is 9.77. The van der Waals surface area contributed by atoms with Crippen molar-refractivity contribution in [3.63, 3.8) is 0 Å². The number of nitrogens with one attached hydrogen (secondary N) is 2. The fourth-order valence-electron chi connectivity index (χ4n) is 6.94. The Labute approximate surface area is 268 Å². The zero-order chi connectivity index (χ0) is 33.9. The zero-order valence-corrected chi connectivity index (χ0v) is 26.4. The highest BCUT2D eigenvalue weighted by atomic mass is 16.7. The molecule has 18 nitrogen and oxygen atoms in total. The Hall–Kier alpha value is -1.17. The highest BCUT2D eigenvalue weighted by Gasteiger charge is 2.53. The largest absolute Gasteiger partial charge is 0.388 e. The molecule has 15 N–H and O–H groups in total. The van der Waals surface area contributed by atoms with E-state index >= 15 is 0 Å². The maximum Gasteiger partial charge on any atom is 0.246 e. The Bertz CT molecular complexity index is 981. The third kappa shape index (κ3) is 8.51. The lowest BCUT2D eigenvalue weighted by Crippen LogP contribution is -2.67. The molecule has 46 heavy (non-hydrogen) atoms. The van der Waals surface area contributed by atoms with Crippen LogP contribution in [0.25, 0.3) is 0 Å². The molecule has 2 saturated carbocycles. The van der Waals surface area contributed by atoms with Crippen molar-refractivity contribution in [2.24, 2.45) is 29.0 Å². The van der Waals surface area contributed by atoms with Crippen molar-refractivity contribution >= 4 is 5.91 Å². The number of nitrogens with zero attached hydrogens (tertiary/aromatic N) is 1. The highest BCUT2D eigenvalue weighted by molar-refractivity contribution is 5.75. The summed E-state index contributed by atoms with van der Waals surface area (Å²) in [5.41, 5.74) is 16.3. The van der Waals surface area contributed by atoms with Crippen molar-refractivity contribution < 1.29 is 59.6 Å². The quantitative estimate of drug-likeness (QED) is 0.0643. The first-order valence-electron chi connectivity index (χ1n) is 16.0. The third-order valence-electron chi connectivity index (χ3n) is 9.64. The topological polar surface area (TPSA) is 301 Å². The molecule has 0 spiro atoms. The summed E-state index contributed by atoms with van der Waals surface area (Å²) >= 11 is 0. The molecule has 4 aliphatic rings. The predicted octanol–water partition coefficient (Wildman–Crippen LogP) is -5.78. The van der Waals surface area contributed by atoms with Gasteiger partial charge in [0.1, 0.15) is 48.3 Å². The number of hydroxylamine groups is 2. The molecule has 268 valence electrons. The van der Waals surface area contributed by atoms with E-state index in [-0.39, 0.29) is 45.1 Å². The number of rotatable bonds is 13. The van der Waals surface area contributed by atoms with Gasteiger partial charge in [-0.25, -0.2) is 5.06 Å².